The molecule has 0 radical (unpaired) electrons. The molecule has 33 heavy (non-hydrogen) atoms. The van der Waals surface area contributed by atoms with E-state index in [0.717, 1.165) is 56.0 Å². The Labute approximate surface area is 196 Å². The first-order valence-corrected chi connectivity index (χ1v) is 12.5. The number of imidazole rings is 1. The second-order valence-electron chi connectivity index (χ2n) is 9.42. The van der Waals surface area contributed by atoms with E-state index in [2.05, 4.69) is 56.1 Å². The van der Waals surface area contributed by atoms with Gasteiger partial charge in [-0.15, -0.1) is 0 Å². The first kappa shape index (κ1) is 22.0. The smallest absolute Gasteiger partial charge is 0.223 e. The van der Waals surface area contributed by atoms with Crippen LogP contribution in [-0.4, -0.2) is 53.1 Å². The summed E-state index contributed by atoms with van der Waals surface area (Å²) in [5.74, 6) is 1.32. The van der Waals surface area contributed by atoms with Crippen LogP contribution in [0, 0.1) is 5.92 Å². The largest absolute Gasteiger partial charge is 0.352 e. The number of hydrogen-bond donors (Lipinski definition) is 1. The summed E-state index contributed by atoms with van der Waals surface area (Å²) in [7, 11) is 0. The molecule has 6 nitrogen and oxygen atoms in total. The molecule has 0 unspecified atom stereocenters. The summed E-state index contributed by atoms with van der Waals surface area (Å²) in [5, 5.41) is 3.13. The van der Waals surface area contributed by atoms with Gasteiger partial charge in [0.2, 0.25) is 11.9 Å². The molecule has 0 bridgehead atoms. The molecular weight excluding hydrogens is 410 g/mol. The fraction of sp³-hybridized carbons (Fsp3) is 0.481. The third kappa shape index (κ3) is 5.22. The molecule has 2 aliphatic heterocycles. The van der Waals surface area contributed by atoms with Gasteiger partial charge in [0.25, 0.3) is 0 Å². The highest BCUT2D eigenvalue weighted by atomic mass is 16.1. The fourth-order valence-electron chi connectivity index (χ4n) is 5.22. The molecule has 3 heterocycles. The molecule has 0 atom stereocenters. The summed E-state index contributed by atoms with van der Waals surface area (Å²) in [4.78, 5) is 22.7. The van der Waals surface area contributed by atoms with Crippen LogP contribution in [0.4, 0.5) is 5.95 Å². The zero-order valence-electron chi connectivity index (χ0n) is 19.5. The number of nitrogens with one attached hydrogen (secondary N) is 1. The number of carbonyl (C=O) groups excluding carboxylic acids is 1. The second kappa shape index (κ2) is 10.4. The Bertz CT molecular complexity index is 1050. The van der Waals surface area contributed by atoms with E-state index < -0.39 is 0 Å². The van der Waals surface area contributed by atoms with E-state index in [1.165, 1.54) is 37.9 Å². The number of aromatic nitrogens is 2. The van der Waals surface area contributed by atoms with E-state index in [9.17, 15) is 4.79 Å². The van der Waals surface area contributed by atoms with Crippen LogP contribution in [-0.2, 0) is 17.9 Å². The number of fused-ring (bicyclic) bond motifs is 1. The highest BCUT2D eigenvalue weighted by molar-refractivity contribution is 5.80. The van der Waals surface area contributed by atoms with E-state index in [1.54, 1.807) is 0 Å². The number of piperidine rings is 2. The molecule has 0 saturated carbocycles. The summed E-state index contributed by atoms with van der Waals surface area (Å²) >= 11 is 0. The molecule has 2 saturated heterocycles. The van der Waals surface area contributed by atoms with Crippen molar-refractivity contribution < 1.29 is 4.79 Å². The van der Waals surface area contributed by atoms with Crippen molar-refractivity contribution in [3.8, 4) is 0 Å². The zero-order valence-corrected chi connectivity index (χ0v) is 19.5. The lowest BCUT2D eigenvalue weighted by Crippen LogP contribution is -2.41. The third-order valence-corrected chi connectivity index (χ3v) is 7.18. The number of anilines is 1. The molecule has 2 fully saturated rings. The highest BCUT2D eigenvalue weighted by Gasteiger charge is 2.27. The monoisotopic (exact) mass is 445 g/mol. The van der Waals surface area contributed by atoms with Crippen LogP contribution >= 0.6 is 0 Å². The van der Waals surface area contributed by atoms with Gasteiger partial charge < -0.3 is 19.7 Å². The van der Waals surface area contributed by atoms with Crippen molar-refractivity contribution in [2.24, 2.45) is 5.92 Å². The molecule has 3 aromatic rings. The van der Waals surface area contributed by atoms with Gasteiger partial charge in [0, 0.05) is 38.6 Å². The van der Waals surface area contributed by atoms with E-state index >= 15 is 0 Å². The lowest BCUT2D eigenvalue weighted by atomic mass is 9.96. The molecule has 2 aromatic carbocycles. The number of carbonyl (C=O) groups is 1. The van der Waals surface area contributed by atoms with Gasteiger partial charge in [-0.3, -0.25) is 4.79 Å². The molecule has 0 spiro atoms. The van der Waals surface area contributed by atoms with Gasteiger partial charge in [-0.1, -0.05) is 48.9 Å². The third-order valence-electron chi connectivity index (χ3n) is 7.18. The van der Waals surface area contributed by atoms with Crippen molar-refractivity contribution in [1.82, 2.24) is 19.8 Å². The number of para-hydroxylation sites is 2. The number of hydrogen-bond acceptors (Lipinski definition) is 4. The molecule has 1 aromatic heterocycles. The van der Waals surface area contributed by atoms with Crippen molar-refractivity contribution in [1.29, 1.82) is 0 Å². The Morgan fingerprint density at radius 1 is 0.879 bits per heavy atom. The Morgan fingerprint density at radius 2 is 1.61 bits per heavy atom. The Kier molecular flexibility index (Phi) is 6.91. The van der Waals surface area contributed by atoms with Gasteiger partial charge >= 0.3 is 0 Å². The highest BCUT2D eigenvalue weighted by Crippen LogP contribution is 2.27. The van der Waals surface area contributed by atoms with E-state index in [4.69, 9.17) is 4.98 Å². The Balaban J connectivity index is 1.22. The predicted molar refractivity (Wildman–Crippen MR) is 133 cm³/mol. The number of likely N-dealkylation sites (tertiary alicyclic amines) is 1. The van der Waals surface area contributed by atoms with Crippen molar-refractivity contribution in [2.75, 3.05) is 37.6 Å². The quantitative estimate of drug-likeness (QED) is 0.596. The summed E-state index contributed by atoms with van der Waals surface area (Å²) in [6.45, 7) is 6.81. The minimum atomic E-state index is 0.0798. The molecule has 1 amide bonds. The maximum atomic E-state index is 12.7. The molecule has 174 valence electrons. The summed E-state index contributed by atoms with van der Waals surface area (Å²) < 4.78 is 2.40. The molecule has 5 rings (SSSR count). The molecular formula is C27H35N5O. The number of benzene rings is 2. The standard InChI is InChI=1S/C27H35N5O/c33-26(28-21-22-9-3-1-4-10-22)23-13-17-31(18-14-23)27-29-24-11-5-6-12-25(24)32(27)20-19-30-15-7-2-8-16-30/h1,3-6,9-12,23H,2,7-8,13-21H2,(H,28,33). The first-order valence-electron chi connectivity index (χ1n) is 12.5. The summed E-state index contributed by atoms with van der Waals surface area (Å²) in [6.07, 6.45) is 5.74. The van der Waals surface area contributed by atoms with Crippen molar-refractivity contribution in [2.45, 2.75) is 45.2 Å². The predicted octanol–water partition coefficient (Wildman–Crippen LogP) is 4.06. The van der Waals surface area contributed by atoms with Crippen molar-refractivity contribution in [3.63, 3.8) is 0 Å². The Morgan fingerprint density at radius 3 is 2.39 bits per heavy atom. The van der Waals surface area contributed by atoms with Gasteiger partial charge in [0.05, 0.1) is 11.0 Å². The van der Waals surface area contributed by atoms with E-state index in [-0.39, 0.29) is 11.8 Å². The number of amides is 1. The van der Waals surface area contributed by atoms with Crippen LogP contribution < -0.4 is 10.2 Å². The lowest BCUT2D eigenvalue weighted by molar-refractivity contribution is -0.125. The van der Waals surface area contributed by atoms with E-state index in [0.29, 0.717) is 6.54 Å². The topological polar surface area (TPSA) is 53.4 Å². The summed E-state index contributed by atoms with van der Waals surface area (Å²) in [6, 6.07) is 18.6. The molecule has 6 heteroatoms. The lowest BCUT2D eigenvalue weighted by Gasteiger charge is -2.33. The van der Waals surface area contributed by atoms with Gasteiger partial charge in [-0.05, 0) is 56.5 Å². The van der Waals surface area contributed by atoms with Gasteiger partial charge in [-0.2, -0.15) is 0 Å². The maximum Gasteiger partial charge on any atom is 0.223 e. The van der Waals surface area contributed by atoms with E-state index in [1.807, 2.05) is 18.2 Å². The van der Waals surface area contributed by atoms with Crippen LogP contribution in [0.1, 0.15) is 37.7 Å². The maximum absolute atomic E-state index is 12.7. The molecule has 1 N–H and O–H groups in total. The zero-order chi connectivity index (χ0) is 22.5. The summed E-state index contributed by atoms with van der Waals surface area (Å²) in [5.41, 5.74) is 3.42. The second-order valence-corrected chi connectivity index (χ2v) is 9.42. The first-order chi connectivity index (χ1) is 16.3. The van der Waals surface area contributed by atoms with Crippen molar-refractivity contribution in [3.05, 3.63) is 60.2 Å². The number of rotatable bonds is 7. The van der Waals surface area contributed by atoms with Crippen LogP contribution in [0.2, 0.25) is 0 Å². The average molecular weight is 446 g/mol. The van der Waals surface area contributed by atoms with Crippen molar-refractivity contribution >= 4 is 22.9 Å². The van der Waals surface area contributed by atoms with Crippen LogP contribution in [0.25, 0.3) is 11.0 Å². The minimum Gasteiger partial charge on any atom is -0.352 e. The van der Waals surface area contributed by atoms with Gasteiger partial charge in [0.1, 0.15) is 0 Å². The van der Waals surface area contributed by atoms with Crippen LogP contribution in [0.5, 0.6) is 0 Å². The Hall–Kier alpha value is -2.86. The molecule has 0 aliphatic carbocycles. The normalized spacial score (nSPS) is 18.0. The average Bonchev–Trinajstić information content (AvgIpc) is 3.26. The van der Waals surface area contributed by atoms with Gasteiger partial charge in [-0.25, -0.2) is 4.98 Å². The fourth-order valence-corrected chi connectivity index (χ4v) is 5.22. The molecule has 2 aliphatic rings. The van der Waals surface area contributed by atoms with Gasteiger partial charge in [0.15, 0.2) is 0 Å². The van der Waals surface area contributed by atoms with Crippen LogP contribution in [0.3, 0.4) is 0 Å². The number of nitrogens with zero attached hydrogens (tertiary/aromatic N) is 4. The minimum absolute atomic E-state index is 0.0798. The van der Waals surface area contributed by atoms with Crippen LogP contribution in [0.15, 0.2) is 54.6 Å². The SMILES string of the molecule is O=C(NCc1ccccc1)C1CCN(c2nc3ccccc3n2CCN2CCCCC2)CC1.